The zero-order valence-corrected chi connectivity index (χ0v) is 22.1. The van der Waals surface area contributed by atoms with Crippen molar-refractivity contribution >= 4 is 5.97 Å². The van der Waals surface area contributed by atoms with Crippen molar-refractivity contribution in [1.29, 1.82) is 0 Å². The van der Waals surface area contributed by atoms with Gasteiger partial charge in [0.15, 0.2) is 5.60 Å². The Hall–Kier alpha value is -3.45. The molecule has 0 atom stereocenters. The van der Waals surface area contributed by atoms with Crippen LogP contribution in [0.3, 0.4) is 0 Å². The van der Waals surface area contributed by atoms with Crippen LogP contribution in [0.15, 0.2) is 59.2 Å². The van der Waals surface area contributed by atoms with E-state index in [1.54, 1.807) is 34.1 Å². The van der Waals surface area contributed by atoms with E-state index in [1.165, 1.54) is 0 Å². The van der Waals surface area contributed by atoms with Crippen molar-refractivity contribution in [3.63, 3.8) is 0 Å². The van der Waals surface area contributed by atoms with Gasteiger partial charge in [0.05, 0.1) is 26.5 Å². The fourth-order valence-corrected chi connectivity index (χ4v) is 3.95. The van der Waals surface area contributed by atoms with E-state index in [2.05, 4.69) is 17.0 Å². The molecular formula is C29H37NO6. The van der Waals surface area contributed by atoms with Gasteiger partial charge >= 0.3 is 5.97 Å². The van der Waals surface area contributed by atoms with Crippen LogP contribution in [0.25, 0.3) is 0 Å². The SMILES string of the molecule is CCOC(=O)C(C)(C)Oc1c(C)cc(CN(CCOc2ccc(OC)cc2)Cc2ccco2)cc1C. The van der Waals surface area contributed by atoms with E-state index in [4.69, 9.17) is 23.4 Å². The Morgan fingerprint density at radius 1 is 1.00 bits per heavy atom. The van der Waals surface area contributed by atoms with Crippen LogP contribution < -0.4 is 14.2 Å². The summed E-state index contributed by atoms with van der Waals surface area (Å²) in [5, 5.41) is 0. The van der Waals surface area contributed by atoms with E-state index in [9.17, 15) is 4.79 Å². The molecule has 0 amide bonds. The molecular weight excluding hydrogens is 458 g/mol. The van der Waals surface area contributed by atoms with Crippen molar-refractivity contribution in [2.24, 2.45) is 0 Å². The quantitative estimate of drug-likeness (QED) is 0.281. The van der Waals surface area contributed by atoms with Gasteiger partial charge in [-0.2, -0.15) is 0 Å². The molecule has 0 N–H and O–H groups in total. The van der Waals surface area contributed by atoms with Crippen LogP contribution >= 0.6 is 0 Å². The summed E-state index contributed by atoms with van der Waals surface area (Å²) in [4.78, 5) is 14.6. The third kappa shape index (κ3) is 7.52. The number of ether oxygens (including phenoxy) is 4. The Balaban J connectivity index is 1.70. The monoisotopic (exact) mass is 495 g/mol. The van der Waals surface area contributed by atoms with E-state index < -0.39 is 5.60 Å². The van der Waals surface area contributed by atoms with Crippen LogP contribution in [-0.2, 0) is 22.6 Å². The molecule has 7 nitrogen and oxygen atoms in total. The molecule has 1 aromatic heterocycles. The Bertz CT molecular complexity index is 1080. The van der Waals surface area contributed by atoms with Gasteiger partial charge in [-0.15, -0.1) is 0 Å². The molecule has 0 unspecified atom stereocenters. The minimum Gasteiger partial charge on any atom is -0.497 e. The van der Waals surface area contributed by atoms with Gasteiger partial charge in [0.2, 0.25) is 0 Å². The molecule has 0 aliphatic rings. The maximum atomic E-state index is 12.3. The largest absolute Gasteiger partial charge is 0.497 e. The highest BCUT2D eigenvalue weighted by Gasteiger charge is 2.32. The number of hydrogen-bond acceptors (Lipinski definition) is 7. The highest BCUT2D eigenvalue weighted by molar-refractivity contribution is 5.79. The summed E-state index contributed by atoms with van der Waals surface area (Å²) in [6.45, 7) is 12.1. The number of rotatable bonds is 13. The number of carbonyl (C=O) groups excluding carboxylic acids is 1. The Morgan fingerprint density at radius 3 is 2.25 bits per heavy atom. The number of hydrogen-bond donors (Lipinski definition) is 0. The third-order valence-electron chi connectivity index (χ3n) is 5.75. The maximum Gasteiger partial charge on any atom is 0.349 e. The van der Waals surface area contributed by atoms with E-state index in [0.717, 1.165) is 33.9 Å². The van der Waals surface area contributed by atoms with Crippen LogP contribution in [-0.4, -0.2) is 43.3 Å². The summed E-state index contributed by atoms with van der Waals surface area (Å²) < 4.78 is 28.1. The van der Waals surface area contributed by atoms with Crippen LogP contribution in [0.5, 0.6) is 17.2 Å². The molecule has 7 heteroatoms. The molecule has 3 rings (SSSR count). The molecule has 194 valence electrons. The van der Waals surface area contributed by atoms with Crippen molar-refractivity contribution in [2.75, 3.05) is 26.9 Å². The van der Waals surface area contributed by atoms with Crippen LogP contribution in [0.2, 0.25) is 0 Å². The predicted molar refractivity (Wildman–Crippen MR) is 139 cm³/mol. The molecule has 0 aliphatic carbocycles. The van der Waals surface area contributed by atoms with Crippen molar-refractivity contribution in [3.8, 4) is 17.2 Å². The van der Waals surface area contributed by atoms with Gasteiger partial charge in [-0.25, -0.2) is 4.79 Å². The number of nitrogens with zero attached hydrogens (tertiary/aromatic N) is 1. The lowest BCUT2D eigenvalue weighted by atomic mass is 10.0. The number of benzene rings is 2. The average molecular weight is 496 g/mol. The minimum atomic E-state index is -1.07. The van der Waals surface area contributed by atoms with Gasteiger partial charge in [0, 0.05) is 13.1 Å². The van der Waals surface area contributed by atoms with Gasteiger partial charge in [-0.3, -0.25) is 4.90 Å². The number of aryl methyl sites for hydroxylation is 2. The molecule has 1 heterocycles. The van der Waals surface area contributed by atoms with E-state index >= 15 is 0 Å². The van der Waals surface area contributed by atoms with Crippen LogP contribution in [0, 0.1) is 13.8 Å². The summed E-state index contributed by atoms with van der Waals surface area (Å²) >= 11 is 0. The summed E-state index contributed by atoms with van der Waals surface area (Å²) in [5.41, 5.74) is 2.00. The highest BCUT2D eigenvalue weighted by Crippen LogP contribution is 2.30. The zero-order chi connectivity index (χ0) is 26.1. The first-order valence-corrected chi connectivity index (χ1v) is 12.2. The van der Waals surface area contributed by atoms with Crippen molar-refractivity contribution in [2.45, 2.75) is 53.3 Å². The molecule has 0 saturated carbocycles. The lowest BCUT2D eigenvalue weighted by Crippen LogP contribution is -2.40. The smallest absolute Gasteiger partial charge is 0.349 e. The fourth-order valence-electron chi connectivity index (χ4n) is 3.95. The molecule has 0 aliphatic heterocycles. The normalized spacial score (nSPS) is 11.4. The first-order valence-electron chi connectivity index (χ1n) is 12.2. The highest BCUT2D eigenvalue weighted by atomic mass is 16.6. The lowest BCUT2D eigenvalue weighted by Gasteiger charge is -2.27. The van der Waals surface area contributed by atoms with Gasteiger partial charge in [-0.1, -0.05) is 12.1 Å². The molecule has 0 radical (unpaired) electrons. The molecule has 0 fully saturated rings. The Morgan fingerprint density at radius 2 is 1.67 bits per heavy atom. The van der Waals surface area contributed by atoms with Gasteiger partial charge in [0.1, 0.15) is 29.6 Å². The van der Waals surface area contributed by atoms with E-state index in [0.29, 0.717) is 38.6 Å². The van der Waals surface area contributed by atoms with Gasteiger partial charge < -0.3 is 23.4 Å². The summed E-state index contributed by atoms with van der Waals surface area (Å²) in [6, 6.07) is 15.6. The van der Waals surface area contributed by atoms with Gasteiger partial charge in [-0.05, 0) is 87.7 Å². The second-order valence-corrected chi connectivity index (χ2v) is 9.21. The van der Waals surface area contributed by atoms with Crippen molar-refractivity contribution < 1.29 is 28.2 Å². The number of carbonyl (C=O) groups is 1. The summed E-state index contributed by atoms with van der Waals surface area (Å²) in [7, 11) is 1.64. The second-order valence-electron chi connectivity index (χ2n) is 9.21. The van der Waals surface area contributed by atoms with Crippen molar-refractivity contribution in [1.82, 2.24) is 4.90 Å². The first-order chi connectivity index (χ1) is 17.2. The topological polar surface area (TPSA) is 70.4 Å². The predicted octanol–water partition coefficient (Wildman–Crippen LogP) is 5.71. The second kappa shape index (κ2) is 12.5. The fraction of sp³-hybridized carbons (Fsp3) is 0.414. The third-order valence-corrected chi connectivity index (χ3v) is 5.75. The number of furan rings is 1. The molecule has 0 bridgehead atoms. The van der Waals surface area contributed by atoms with Crippen molar-refractivity contribution in [3.05, 3.63) is 77.2 Å². The zero-order valence-electron chi connectivity index (χ0n) is 22.1. The molecule has 2 aromatic carbocycles. The number of methoxy groups -OCH3 is 1. The minimum absolute atomic E-state index is 0.316. The number of esters is 1. The Kier molecular flexibility index (Phi) is 9.42. The maximum absolute atomic E-state index is 12.3. The lowest BCUT2D eigenvalue weighted by molar-refractivity contribution is -0.158. The van der Waals surface area contributed by atoms with Crippen LogP contribution in [0.1, 0.15) is 43.2 Å². The van der Waals surface area contributed by atoms with Gasteiger partial charge in [0.25, 0.3) is 0 Å². The first kappa shape index (κ1) is 27.1. The standard InChI is InChI=1S/C29H37NO6/c1-7-33-28(31)29(4,5)36-27-21(2)17-23(18-22(27)3)19-30(20-26-9-8-15-34-26)14-16-35-25-12-10-24(32-6)11-13-25/h8-13,15,17-18H,7,14,16,19-20H2,1-6H3. The molecule has 36 heavy (non-hydrogen) atoms. The average Bonchev–Trinajstić information content (AvgIpc) is 3.35. The van der Waals surface area contributed by atoms with Crippen LogP contribution in [0.4, 0.5) is 0 Å². The summed E-state index contributed by atoms with van der Waals surface area (Å²) in [5.74, 6) is 2.81. The molecule has 0 spiro atoms. The molecule has 3 aromatic rings. The Labute approximate surface area is 213 Å². The molecule has 0 saturated heterocycles. The van der Waals surface area contributed by atoms with E-state index in [1.807, 2.05) is 50.2 Å². The summed E-state index contributed by atoms with van der Waals surface area (Å²) in [6.07, 6.45) is 1.69. The van der Waals surface area contributed by atoms with E-state index in [-0.39, 0.29) is 5.97 Å².